The molecule has 0 aliphatic carbocycles. The first-order valence-electron chi connectivity index (χ1n) is 11.7. The molecule has 2 aromatic carbocycles. The number of nitrogens with zero attached hydrogens (tertiary/aromatic N) is 2. The van der Waals surface area contributed by atoms with Gasteiger partial charge in [0.05, 0.1) is 30.0 Å². The largest absolute Gasteiger partial charge is 0.486 e. The van der Waals surface area contributed by atoms with E-state index in [4.69, 9.17) is 19.2 Å². The van der Waals surface area contributed by atoms with Crippen LogP contribution in [0.3, 0.4) is 0 Å². The molecule has 1 fully saturated rings. The summed E-state index contributed by atoms with van der Waals surface area (Å²) in [6.07, 6.45) is 2.00. The van der Waals surface area contributed by atoms with E-state index in [0.717, 1.165) is 73.6 Å². The third-order valence-electron chi connectivity index (χ3n) is 6.09. The number of rotatable bonds is 7. The Morgan fingerprint density at radius 3 is 2.64 bits per heavy atom. The monoisotopic (exact) mass is 447 g/mol. The molecule has 0 bridgehead atoms. The maximum atomic E-state index is 13.1. The number of hydrogen-bond donors (Lipinski definition) is 1. The van der Waals surface area contributed by atoms with E-state index < -0.39 is 0 Å². The van der Waals surface area contributed by atoms with Crippen LogP contribution in [-0.4, -0.2) is 68.4 Å². The third kappa shape index (κ3) is 5.10. The van der Waals surface area contributed by atoms with Crippen molar-refractivity contribution in [1.29, 1.82) is 0 Å². The summed E-state index contributed by atoms with van der Waals surface area (Å²) in [5.41, 5.74) is 3.06. The van der Waals surface area contributed by atoms with Gasteiger partial charge in [-0.25, -0.2) is 4.98 Å². The van der Waals surface area contributed by atoms with Crippen LogP contribution < -0.4 is 14.8 Å². The lowest BCUT2D eigenvalue weighted by Crippen LogP contribution is -2.37. The van der Waals surface area contributed by atoms with Gasteiger partial charge in [-0.1, -0.05) is 18.2 Å². The van der Waals surface area contributed by atoms with Crippen LogP contribution in [0.5, 0.6) is 11.5 Å². The summed E-state index contributed by atoms with van der Waals surface area (Å²) in [7, 11) is 0. The number of carbonyl (C=O) groups is 1. The van der Waals surface area contributed by atoms with E-state index in [-0.39, 0.29) is 5.91 Å². The van der Waals surface area contributed by atoms with Crippen molar-refractivity contribution in [3.8, 4) is 22.8 Å². The van der Waals surface area contributed by atoms with Gasteiger partial charge in [0.1, 0.15) is 13.2 Å². The lowest BCUT2D eigenvalue weighted by molar-refractivity contribution is 0.0372. The molecule has 3 aromatic rings. The minimum Gasteiger partial charge on any atom is -0.486 e. The number of unbranched alkanes of at least 4 members (excludes halogenated alkanes) is 1. The van der Waals surface area contributed by atoms with Crippen molar-refractivity contribution in [3.05, 3.63) is 54.1 Å². The molecule has 1 amide bonds. The maximum absolute atomic E-state index is 13.1. The number of morpholine rings is 1. The molecule has 0 unspecified atom stereocenters. The predicted octanol–water partition coefficient (Wildman–Crippen LogP) is 3.52. The molecule has 0 saturated carbocycles. The number of carbonyl (C=O) groups excluding carboxylic acids is 1. The number of amides is 1. The van der Waals surface area contributed by atoms with Gasteiger partial charge in [-0.05, 0) is 49.7 Å². The zero-order chi connectivity index (χ0) is 22.5. The van der Waals surface area contributed by atoms with E-state index >= 15 is 0 Å². The van der Waals surface area contributed by atoms with Gasteiger partial charge in [0, 0.05) is 30.6 Å². The predicted molar refractivity (Wildman–Crippen MR) is 127 cm³/mol. The average molecular weight is 448 g/mol. The molecule has 5 rings (SSSR count). The maximum Gasteiger partial charge on any atom is 0.252 e. The highest BCUT2D eigenvalue weighted by molar-refractivity contribution is 6.07. The zero-order valence-corrected chi connectivity index (χ0v) is 18.7. The van der Waals surface area contributed by atoms with Crippen molar-refractivity contribution < 1.29 is 19.0 Å². The summed E-state index contributed by atoms with van der Waals surface area (Å²) in [4.78, 5) is 20.4. The number of aromatic nitrogens is 1. The number of benzene rings is 2. The van der Waals surface area contributed by atoms with E-state index in [1.165, 1.54) is 0 Å². The summed E-state index contributed by atoms with van der Waals surface area (Å²) < 4.78 is 16.8. The molecule has 0 radical (unpaired) electrons. The van der Waals surface area contributed by atoms with Crippen LogP contribution in [0.15, 0.2) is 48.5 Å². The lowest BCUT2D eigenvalue weighted by atomic mass is 10.0. The Kier molecular flexibility index (Phi) is 6.69. The molecule has 0 spiro atoms. The molecule has 7 heteroatoms. The fourth-order valence-corrected chi connectivity index (χ4v) is 4.30. The van der Waals surface area contributed by atoms with Gasteiger partial charge in [0.25, 0.3) is 5.91 Å². The Labute approximate surface area is 193 Å². The van der Waals surface area contributed by atoms with E-state index in [9.17, 15) is 4.79 Å². The minimum atomic E-state index is -0.0706. The molecule has 2 aliphatic rings. The normalized spacial score (nSPS) is 16.0. The van der Waals surface area contributed by atoms with Crippen LogP contribution in [-0.2, 0) is 4.74 Å². The summed E-state index contributed by atoms with van der Waals surface area (Å²) in [6.45, 7) is 6.41. The summed E-state index contributed by atoms with van der Waals surface area (Å²) >= 11 is 0. The van der Waals surface area contributed by atoms with Gasteiger partial charge < -0.3 is 19.5 Å². The standard InChI is InChI=1S/C26H29N3O4/c30-26(27-9-3-4-10-29-11-13-31-14-12-29)21-18-23(28-22-6-2-1-5-20(21)22)19-7-8-24-25(17-19)33-16-15-32-24/h1-2,5-8,17-18H,3-4,9-16H2,(H,27,30). The fraction of sp³-hybridized carbons (Fsp3) is 0.385. The van der Waals surface area contributed by atoms with Gasteiger partial charge in [-0.2, -0.15) is 0 Å². The quantitative estimate of drug-likeness (QED) is 0.559. The topological polar surface area (TPSA) is 72.9 Å². The van der Waals surface area contributed by atoms with E-state index in [2.05, 4.69) is 10.2 Å². The molecule has 0 atom stereocenters. The number of ether oxygens (including phenoxy) is 3. The van der Waals surface area contributed by atoms with Gasteiger partial charge in [0.2, 0.25) is 0 Å². The molecular formula is C26H29N3O4. The minimum absolute atomic E-state index is 0.0706. The molecule has 2 aliphatic heterocycles. The first kappa shape index (κ1) is 21.7. The smallest absolute Gasteiger partial charge is 0.252 e. The molecule has 7 nitrogen and oxygen atoms in total. The average Bonchev–Trinajstić information content (AvgIpc) is 2.88. The van der Waals surface area contributed by atoms with Gasteiger partial charge in [0.15, 0.2) is 11.5 Å². The summed E-state index contributed by atoms with van der Waals surface area (Å²) in [6, 6.07) is 15.4. The van der Waals surface area contributed by atoms with Crippen molar-refractivity contribution in [3.63, 3.8) is 0 Å². The van der Waals surface area contributed by atoms with Crippen molar-refractivity contribution in [2.75, 3.05) is 52.6 Å². The highest BCUT2D eigenvalue weighted by atomic mass is 16.6. The second-order valence-corrected chi connectivity index (χ2v) is 8.35. The van der Waals surface area contributed by atoms with Crippen LogP contribution >= 0.6 is 0 Å². The zero-order valence-electron chi connectivity index (χ0n) is 18.7. The first-order valence-corrected chi connectivity index (χ1v) is 11.7. The summed E-state index contributed by atoms with van der Waals surface area (Å²) in [5.74, 6) is 1.37. The molecule has 1 saturated heterocycles. The third-order valence-corrected chi connectivity index (χ3v) is 6.09. The number of hydrogen-bond acceptors (Lipinski definition) is 6. The Morgan fingerprint density at radius 2 is 1.76 bits per heavy atom. The van der Waals surface area contributed by atoms with Crippen molar-refractivity contribution >= 4 is 16.8 Å². The number of para-hydroxylation sites is 1. The van der Waals surface area contributed by atoms with E-state index in [0.29, 0.717) is 31.1 Å². The second-order valence-electron chi connectivity index (χ2n) is 8.35. The van der Waals surface area contributed by atoms with Crippen LogP contribution in [0, 0.1) is 0 Å². The molecule has 3 heterocycles. The van der Waals surface area contributed by atoms with Crippen LogP contribution in [0.1, 0.15) is 23.2 Å². The van der Waals surface area contributed by atoms with Gasteiger partial charge in [-0.15, -0.1) is 0 Å². The van der Waals surface area contributed by atoms with Crippen molar-refractivity contribution in [2.24, 2.45) is 0 Å². The molecule has 33 heavy (non-hydrogen) atoms. The van der Waals surface area contributed by atoms with Crippen LogP contribution in [0.2, 0.25) is 0 Å². The van der Waals surface area contributed by atoms with E-state index in [1.807, 2.05) is 48.5 Å². The molecule has 1 aromatic heterocycles. The number of fused-ring (bicyclic) bond motifs is 2. The fourth-order valence-electron chi connectivity index (χ4n) is 4.30. The molecular weight excluding hydrogens is 418 g/mol. The van der Waals surface area contributed by atoms with Crippen molar-refractivity contribution in [2.45, 2.75) is 12.8 Å². The number of nitrogens with one attached hydrogen (secondary N) is 1. The van der Waals surface area contributed by atoms with Crippen molar-refractivity contribution in [1.82, 2.24) is 15.2 Å². The Hall–Kier alpha value is -3.16. The first-order chi connectivity index (χ1) is 16.3. The highest BCUT2D eigenvalue weighted by Crippen LogP contribution is 2.35. The second kappa shape index (κ2) is 10.2. The van der Waals surface area contributed by atoms with E-state index in [1.54, 1.807) is 0 Å². The summed E-state index contributed by atoms with van der Waals surface area (Å²) in [5, 5.41) is 3.95. The Morgan fingerprint density at radius 1 is 0.939 bits per heavy atom. The van der Waals surface area contributed by atoms with Gasteiger partial charge >= 0.3 is 0 Å². The SMILES string of the molecule is O=C(NCCCCN1CCOCC1)c1cc(-c2ccc3c(c2)OCCO3)nc2ccccc12. The molecule has 172 valence electrons. The molecule has 1 N–H and O–H groups in total. The van der Waals surface area contributed by atoms with Crippen LogP contribution in [0.4, 0.5) is 0 Å². The van der Waals surface area contributed by atoms with Gasteiger partial charge in [-0.3, -0.25) is 9.69 Å². The number of pyridine rings is 1. The van der Waals surface area contributed by atoms with Crippen LogP contribution in [0.25, 0.3) is 22.2 Å². The lowest BCUT2D eigenvalue weighted by Gasteiger charge is -2.26. The Balaban J connectivity index is 1.30. The highest BCUT2D eigenvalue weighted by Gasteiger charge is 2.17. The Bertz CT molecular complexity index is 1130.